The molecule has 22 heavy (non-hydrogen) atoms. The number of nitrogens with zero attached hydrogens (tertiary/aromatic N) is 3. The molecule has 2 rings (SSSR count). The van der Waals surface area contributed by atoms with Crippen LogP contribution in [0.15, 0.2) is 35.4 Å². The Labute approximate surface area is 133 Å². The highest BCUT2D eigenvalue weighted by atomic mass is 32.2. The highest BCUT2D eigenvalue weighted by Crippen LogP contribution is 2.25. The van der Waals surface area contributed by atoms with Crippen LogP contribution in [0.2, 0.25) is 0 Å². The summed E-state index contributed by atoms with van der Waals surface area (Å²) < 4.78 is 11.4. The van der Waals surface area contributed by atoms with Gasteiger partial charge in [-0.05, 0) is 38.1 Å². The minimum absolute atomic E-state index is 0.355. The first kappa shape index (κ1) is 16.4. The fourth-order valence-electron chi connectivity index (χ4n) is 1.81. The molecule has 0 amide bonds. The van der Waals surface area contributed by atoms with Crippen LogP contribution < -0.4 is 4.74 Å². The summed E-state index contributed by atoms with van der Waals surface area (Å²) >= 11 is 1.64. The molecule has 0 bridgehead atoms. The van der Waals surface area contributed by atoms with E-state index in [1.54, 1.807) is 38.9 Å². The van der Waals surface area contributed by atoms with Crippen molar-refractivity contribution in [2.45, 2.75) is 30.0 Å². The molecule has 0 fully saturated rings. The summed E-state index contributed by atoms with van der Waals surface area (Å²) in [5.74, 6) is 1.14. The molecule has 0 unspecified atom stereocenters. The summed E-state index contributed by atoms with van der Waals surface area (Å²) in [5, 5.41) is 8.14. The number of hydrogen-bond acceptors (Lipinski definition) is 6. The number of thioether (sulfide) groups is 1. The standard InChI is InChI=1S/C15H19N3O3S/c1-15(2,14(19)21-4)18-9-11(16-17-18)10-22-13-7-5-12(20-3)6-8-13/h5-9H,10H2,1-4H3. The molecular weight excluding hydrogens is 302 g/mol. The Bertz CT molecular complexity index is 638. The van der Waals surface area contributed by atoms with E-state index in [0.29, 0.717) is 5.75 Å². The Morgan fingerprint density at radius 3 is 2.55 bits per heavy atom. The maximum Gasteiger partial charge on any atom is 0.333 e. The van der Waals surface area contributed by atoms with Crippen molar-refractivity contribution in [2.24, 2.45) is 0 Å². The number of ether oxygens (including phenoxy) is 2. The monoisotopic (exact) mass is 321 g/mol. The molecule has 0 saturated heterocycles. The second-order valence-corrected chi connectivity index (χ2v) is 6.22. The van der Waals surface area contributed by atoms with Crippen LogP contribution in [0.4, 0.5) is 0 Å². The third kappa shape index (κ3) is 3.59. The molecule has 0 atom stereocenters. The van der Waals surface area contributed by atoms with Crippen LogP contribution in [0.3, 0.4) is 0 Å². The highest BCUT2D eigenvalue weighted by molar-refractivity contribution is 7.98. The van der Waals surface area contributed by atoms with Gasteiger partial charge in [-0.15, -0.1) is 16.9 Å². The van der Waals surface area contributed by atoms with Crippen molar-refractivity contribution < 1.29 is 14.3 Å². The largest absolute Gasteiger partial charge is 0.497 e. The van der Waals surface area contributed by atoms with E-state index in [2.05, 4.69) is 10.3 Å². The van der Waals surface area contributed by atoms with Gasteiger partial charge in [0.25, 0.3) is 0 Å². The predicted octanol–water partition coefficient (Wildman–Crippen LogP) is 2.49. The summed E-state index contributed by atoms with van der Waals surface area (Å²) in [6.07, 6.45) is 1.77. The maximum atomic E-state index is 11.8. The van der Waals surface area contributed by atoms with Crippen LogP contribution in [0.1, 0.15) is 19.5 Å². The molecule has 0 saturated carbocycles. The van der Waals surface area contributed by atoms with E-state index in [0.717, 1.165) is 16.3 Å². The topological polar surface area (TPSA) is 66.2 Å². The quantitative estimate of drug-likeness (QED) is 0.601. The number of rotatable bonds is 6. The number of methoxy groups -OCH3 is 2. The molecule has 0 N–H and O–H groups in total. The number of carbonyl (C=O) groups is 1. The smallest absolute Gasteiger partial charge is 0.333 e. The predicted molar refractivity (Wildman–Crippen MR) is 83.9 cm³/mol. The van der Waals surface area contributed by atoms with E-state index < -0.39 is 5.54 Å². The summed E-state index contributed by atoms with van der Waals surface area (Å²) in [6, 6.07) is 7.82. The Morgan fingerprint density at radius 2 is 1.95 bits per heavy atom. The minimum Gasteiger partial charge on any atom is -0.497 e. The highest BCUT2D eigenvalue weighted by Gasteiger charge is 2.32. The van der Waals surface area contributed by atoms with E-state index in [9.17, 15) is 4.79 Å². The molecule has 1 aromatic carbocycles. The fraction of sp³-hybridized carbons (Fsp3) is 0.400. The maximum absolute atomic E-state index is 11.8. The Morgan fingerprint density at radius 1 is 1.27 bits per heavy atom. The van der Waals surface area contributed by atoms with Crippen LogP contribution in [0.25, 0.3) is 0 Å². The number of benzene rings is 1. The first-order chi connectivity index (χ1) is 10.5. The van der Waals surface area contributed by atoms with Crippen LogP contribution in [-0.4, -0.2) is 35.2 Å². The number of hydrogen-bond donors (Lipinski definition) is 0. The molecule has 7 heteroatoms. The van der Waals surface area contributed by atoms with Gasteiger partial charge >= 0.3 is 5.97 Å². The molecular formula is C15H19N3O3S. The molecule has 1 heterocycles. The van der Waals surface area contributed by atoms with Crippen molar-refractivity contribution in [1.29, 1.82) is 0 Å². The molecule has 1 aromatic heterocycles. The lowest BCUT2D eigenvalue weighted by molar-refractivity contribution is -0.150. The molecule has 0 aliphatic carbocycles. The summed E-state index contributed by atoms with van der Waals surface area (Å²) in [4.78, 5) is 12.9. The van der Waals surface area contributed by atoms with Gasteiger partial charge in [-0.1, -0.05) is 5.21 Å². The summed E-state index contributed by atoms with van der Waals surface area (Å²) in [6.45, 7) is 3.49. The van der Waals surface area contributed by atoms with Crippen LogP contribution in [0.5, 0.6) is 5.75 Å². The molecule has 0 aliphatic rings. The van der Waals surface area contributed by atoms with Gasteiger partial charge in [-0.2, -0.15) is 0 Å². The van der Waals surface area contributed by atoms with Gasteiger partial charge in [0.05, 0.1) is 26.1 Å². The number of carbonyl (C=O) groups excluding carboxylic acids is 1. The van der Waals surface area contributed by atoms with Crippen molar-refractivity contribution in [3.63, 3.8) is 0 Å². The van der Waals surface area contributed by atoms with E-state index in [1.165, 1.54) is 11.8 Å². The van der Waals surface area contributed by atoms with Crippen molar-refractivity contribution >= 4 is 17.7 Å². The Hall–Kier alpha value is -2.02. The van der Waals surface area contributed by atoms with E-state index in [-0.39, 0.29) is 5.97 Å². The average molecular weight is 321 g/mol. The van der Waals surface area contributed by atoms with Gasteiger partial charge in [0.15, 0.2) is 5.54 Å². The number of esters is 1. The first-order valence-corrected chi connectivity index (χ1v) is 7.73. The van der Waals surface area contributed by atoms with Crippen LogP contribution in [-0.2, 0) is 20.8 Å². The Kier molecular flexibility index (Phi) is 5.07. The Balaban J connectivity index is 2.01. The third-order valence-electron chi connectivity index (χ3n) is 3.24. The van der Waals surface area contributed by atoms with Crippen molar-refractivity contribution in [3.05, 3.63) is 36.2 Å². The van der Waals surface area contributed by atoms with E-state index in [4.69, 9.17) is 9.47 Å². The molecule has 0 radical (unpaired) electrons. The first-order valence-electron chi connectivity index (χ1n) is 6.74. The van der Waals surface area contributed by atoms with E-state index in [1.807, 2.05) is 24.3 Å². The SMILES string of the molecule is COC(=O)C(C)(C)n1cc(CSc2ccc(OC)cc2)nn1. The normalized spacial score (nSPS) is 11.3. The van der Waals surface area contributed by atoms with Crippen molar-refractivity contribution in [1.82, 2.24) is 15.0 Å². The molecule has 118 valence electrons. The lowest BCUT2D eigenvalue weighted by atomic mass is 10.1. The van der Waals surface area contributed by atoms with Gasteiger partial charge in [-0.25, -0.2) is 9.48 Å². The molecule has 0 spiro atoms. The summed E-state index contributed by atoms with van der Waals surface area (Å²) in [7, 11) is 3.00. The van der Waals surface area contributed by atoms with Crippen LogP contribution in [0, 0.1) is 0 Å². The van der Waals surface area contributed by atoms with Crippen molar-refractivity contribution in [2.75, 3.05) is 14.2 Å². The second-order valence-electron chi connectivity index (χ2n) is 5.17. The molecule has 2 aromatic rings. The van der Waals surface area contributed by atoms with Gasteiger partial charge in [0, 0.05) is 10.6 Å². The zero-order chi connectivity index (χ0) is 16.2. The fourth-order valence-corrected chi connectivity index (χ4v) is 2.59. The van der Waals surface area contributed by atoms with Gasteiger partial charge < -0.3 is 9.47 Å². The van der Waals surface area contributed by atoms with Gasteiger partial charge in [-0.3, -0.25) is 0 Å². The zero-order valence-electron chi connectivity index (χ0n) is 13.1. The second kappa shape index (κ2) is 6.83. The lowest BCUT2D eigenvalue weighted by Gasteiger charge is -2.20. The lowest BCUT2D eigenvalue weighted by Crippen LogP contribution is -2.37. The molecule has 6 nitrogen and oxygen atoms in total. The molecule has 0 aliphatic heterocycles. The minimum atomic E-state index is -0.870. The zero-order valence-corrected chi connectivity index (χ0v) is 13.9. The third-order valence-corrected chi connectivity index (χ3v) is 4.29. The van der Waals surface area contributed by atoms with E-state index >= 15 is 0 Å². The van der Waals surface area contributed by atoms with Gasteiger partial charge in [0.1, 0.15) is 5.75 Å². The van der Waals surface area contributed by atoms with Crippen LogP contribution >= 0.6 is 11.8 Å². The van der Waals surface area contributed by atoms with Gasteiger partial charge in [0.2, 0.25) is 0 Å². The number of aromatic nitrogens is 3. The summed E-state index contributed by atoms with van der Waals surface area (Å²) in [5.41, 5.74) is -0.0667. The van der Waals surface area contributed by atoms with Crippen molar-refractivity contribution in [3.8, 4) is 5.75 Å². The average Bonchev–Trinajstić information content (AvgIpc) is 3.02.